The van der Waals surface area contributed by atoms with E-state index in [1.54, 1.807) is 0 Å². The zero-order valence-electron chi connectivity index (χ0n) is 27.9. The minimum Gasteiger partial charge on any atom is -0.455 e. The number of rotatable bonds is 4. The second kappa shape index (κ2) is 11.2. The van der Waals surface area contributed by atoms with Crippen molar-refractivity contribution < 1.29 is 8.83 Å². The molecule has 4 nitrogen and oxygen atoms in total. The Labute approximate surface area is 298 Å². The Bertz CT molecular complexity index is 3180. The highest BCUT2D eigenvalue weighted by molar-refractivity contribution is 6.27. The smallest absolute Gasteiger partial charge is 0.144 e. The van der Waals surface area contributed by atoms with Crippen LogP contribution in [-0.4, -0.2) is 9.97 Å². The van der Waals surface area contributed by atoms with Gasteiger partial charge in [0.15, 0.2) is 0 Å². The summed E-state index contributed by atoms with van der Waals surface area (Å²) in [5.74, 6) is 1.64. The summed E-state index contributed by atoms with van der Waals surface area (Å²) in [6.07, 6.45) is 7.48. The molecule has 7 aromatic carbocycles. The molecule has 242 valence electrons. The summed E-state index contributed by atoms with van der Waals surface area (Å²) in [6.45, 7) is 0. The SMILES string of the molecule is c1cncc(-c2c(-c3c4ccccc4c(-c4oc5ccccc5c4-c4cccnc4)c4cc5c(ccc6ccccc65)cc34)oc3ccccc23)c1. The van der Waals surface area contributed by atoms with Gasteiger partial charge in [0.2, 0.25) is 0 Å². The van der Waals surface area contributed by atoms with Crippen LogP contribution in [0.1, 0.15) is 0 Å². The van der Waals surface area contributed by atoms with E-state index in [0.717, 1.165) is 93.8 Å². The second-order valence-electron chi connectivity index (χ2n) is 13.3. The number of aromatic nitrogens is 2. The average Bonchev–Trinajstić information content (AvgIpc) is 3.79. The Kier molecular flexibility index (Phi) is 6.22. The second-order valence-corrected chi connectivity index (χ2v) is 13.3. The number of hydrogen-bond acceptors (Lipinski definition) is 4. The number of nitrogens with zero attached hydrogens (tertiary/aromatic N) is 2. The predicted octanol–water partition coefficient (Wildman–Crippen LogP) is 13.2. The Hall–Kier alpha value is -7.04. The van der Waals surface area contributed by atoms with Crippen LogP contribution < -0.4 is 0 Å². The van der Waals surface area contributed by atoms with Gasteiger partial charge >= 0.3 is 0 Å². The molecule has 0 saturated heterocycles. The summed E-state index contributed by atoms with van der Waals surface area (Å²) in [5, 5.41) is 11.2. The molecule has 0 atom stereocenters. The van der Waals surface area contributed by atoms with Crippen LogP contribution in [0.25, 0.3) is 110 Å². The zero-order valence-corrected chi connectivity index (χ0v) is 27.9. The maximum atomic E-state index is 6.98. The van der Waals surface area contributed by atoms with E-state index in [1.165, 1.54) is 16.2 Å². The first-order valence-corrected chi connectivity index (χ1v) is 17.5. The molecule has 11 rings (SSSR count). The van der Waals surface area contributed by atoms with E-state index < -0.39 is 0 Å². The minimum absolute atomic E-state index is 0.818. The van der Waals surface area contributed by atoms with E-state index in [4.69, 9.17) is 8.83 Å². The molecule has 0 amide bonds. The number of para-hydroxylation sites is 2. The van der Waals surface area contributed by atoms with E-state index in [9.17, 15) is 0 Å². The summed E-state index contributed by atoms with van der Waals surface area (Å²) < 4.78 is 13.9. The average molecular weight is 665 g/mol. The lowest BCUT2D eigenvalue weighted by atomic mass is 9.85. The van der Waals surface area contributed by atoms with Crippen molar-refractivity contribution in [2.75, 3.05) is 0 Å². The van der Waals surface area contributed by atoms with Gasteiger partial charge in [0.05, 0.1) is 0 Å². The molecule has 0 aliphatic heterocycles. The quantitative estimate of drug-likeness (QED) is 0.139. The molecule has 0 aliphatic carbocycles. The number of pyridine rings is 2. The van der Waals surface area contributed by atoms with Crippen LogP contribution in [0.4, 0.5) is 0 Å². The van der Waals surface area contributed by atoms with Gasteiger partial charge in [0, 0.05) is 68.9 Å². The van der Waals surface area contributed by atoms with Crippen molar-refractivity contribution in [3.63, 3.8) is 0 Å². The van der Waals surface area contributed by atoms with Crippen molar-refractivity contribution in [2.45, 2.75) is 0 Å². The number of hydrogen-bond donors (Lipinski definition) is 0. The molecule has 0 saturated carbocycles. The van der Waals surface area contributed by atoms with Crippen molar-refractivity contribution in [2.24, 2.45) is 0 Å². The van der Waals surface area contributed by atoms with Crippen LogP contribution >= 0.6 is 0 Å². The molecule has 0 bridgehead atoms. The van der Waals surface area contributed by atoms with Crippen molar-refractivity contribution in [3.05, 3.63) is 170 Å². The Morgan fingerprint density at radius 1 is 0.327 bits per heavy atom. The molecule has 0 aliphatic rings. The van der Waals surface area contributed by atoms with Gasteiger partial charge in [-0.3, -0.25) is 9.97 Å². The molecule has 0 unspecified atom stereocenters. The largest absolute Gasteiger partial charge is 0.455 e. The Balaban J connectivity index is 1.37. The third-order valence-electron chi connectivity index (χ3n) is 10.4. The summed E-state index contributed by atoms with van der Waals surface area (Å²) in [5.41, 5.74) is 7.82. The lowest BCUT2D eigenvalue weighted by Crippen LogP contribution is -1.93. The number of furan rings is 2. The molecular formula is C48H28N2O2. The van der Waals surface area contributed by atoms with Gasteiger partial charge in [0.1, 0.15) is 22.7 Å². The fourth-order valence-corrected chi connectivity index (χ4v) is 8.20. The monoisotopic (exact) mass is 664 g/mol. The van der Waals surface area contributed by atoms with E-state index in [1.807, 2.05) is 55.1 Å². The molecular weight excluding hydrogens is 637 g/mol. The van der Waals surface area contributed by atoms with Crippen molar-refractivity contribution >= 4 is 65.0 Å². The fraction of sp³-hybridized carbons (Fsp3) is 0. The van der Waals surface area contributed by atoms with Crippen LogP contribution in [0.15, 0.2) is 179 Å². The van der Waals surface area contributed by atoms with Gasteiger partial charge in [-0.1, -0.05) is 109 Å². The normalized spacial score (nSPS) is 11.8. The predicted molar refractivity (Wildman–Crippen MR) is 213 cm³/mol. The summed E-state index contributed by atoms with van der Waals surface area (Å²) in [7, 11) is 0. The van der Waals surface area contributed by atoms with Crippen LogP contribution in [0.5, 0.6) is 0 Å². The highest BCUT2D eigenvalue weighted by Gasteiger charge is 2.27. The lowest BCUT2D eigenvalue weighted by Gasteiger charge is -2.18. The molecule has 0 fully saturated rings. The van der Waals surface area contributed by atoms with E-state index in [-0.39, 0.29) is 0 Å². The summed E-state index contributed by atoms with van der Waals surface area (Å²) in [4.78, 5) is 9.07. The van der Waals surface area contributed by atoms with Gasteiger partial charge in [0.25, 0.3) is 0 Å². The first-order valence-electron chi connectivity index (χ1n) is 17.5. The zero-order chi connectivity index (χ0) is 34.2. The molecule has 4 heterocycles. The van der Waals surface area contributed by atoms with Gasteiger partial charge in [-0.15, -0.1) is 0 Å². The fourth-order valence-electron chi connectivity index (χ4n) is 8.20. The molecule has 11 aromatic rings. The van der Waals surface area contributed by atoms with Crippen LogP contribution in [0.2, 0.25) is 0 Å². The number of fused-ring (bicyclic) bond motifs is 7. The molecule has 4 heteroatoms. The molecule has 0 spiro atoms. The molecule has 0 radical (unpaired) electrons. The Morgan fingerprint density at radius 2 is 0.808 bits per heavy atom. The van der Waals surface area contributed by atoms with Gasteiger partial charge in [-0.05, 0) is 79.5 Å². The van der Waals surface area contributed by atoms with E-state index >= 15 is 0 Å². The number of benzene rings is 7. The van der Waals surface area contributed by atoms with Crippen molar-refractivity contribution in [1.29, 1.82) is 0 Å². The summed E-state index contributed by atoms with van der Waals surface area (Å²) in [6, 6.07) is 51.2. The van der Waals surface area contributed by atoms with Gasteiger partial charge in [-0.25, -0.2) is 0 Å². The van der Waals surface area contributed by atoms with E-state index in [2.05, 4.69) is 125 Å². The standard InChI is InChI=1S/C48H28N2O2/c1-2-14-33-29(11-1)21-22-30-25-39-40(26-38(30)33)46(48-44(32-13-10-24-50-28-32)37-18-6-8-20-42(37)52-48)35-16-4-3-15-34(35)45(39)47-43(31-12-9-23-49-27-31)36-17-5-7-19-41(36)51-47/h1-28H. The maximum absolute atomic E-state index is 6.98. The molecule has 0 N–H and O–H groups in total. The van der Waals surface area contributed by atoms with E-state index in [0.29, 0.717) is 0 Å². The summed E-state index contributed by atoms with van der Waals surface area (Å²) >= 11 is 0. The topological polar surface area (TPSA) is 52.1 Å². The molecule has 52 heavy (non-hydrogen) atoms. The minimum atomic E-state index is 0.818. The highest BCUT2D eigenvalue weighted by Crippen LogP contribution is 2.52. The third-order valence-corrected chi connectivity index (χ3v) is 10.4. The van der Waals surface area contributed by atoms with Crippen LogP contribution in [0, 0.1) is 0 Å². The molecule has 4 aromatic heterocycles. The lowest BCUT2D eigenvalue weighted by molar-refractivity contribution is 0.632. The third kappa shape index (κ3) is 4.21. The van der Waals surface area contributed by atoms with Gasteiger partial charge < -0.3 is 8.83 Å². The first-order chi connectivity index (χ1) is 25.8. The maximum Gasteiger partial charge on any atom is 0.144 e. The van der Waals surface area contributed by atoms with Crippen molar-refractivity contribution in [3.8, 4) is 44.9 Å². The van der Waals surface area contributed by atoms with Gasteiger partial charge in [-0.2, -0.15) is 0 Å². The first kappa shape index (κ1) is 28.8. The van der Waals surface area contributed by atoms with Crippen molar-refractivity contribution in [1.82, 2.24) is 9.97 Å². The highest BCUT2D eigenvalue weighted by atomic mass is 16.3. The van der Waals surface area contributed by atoms with Crippen LogP contribution in [0.3, 0.4) is 0 Å². The van der Waals surface area contributed by atoms with Crippen LogP contribution in [-0.2, 0) is 0 Å². The Morgan fingerprint density at radius 3 is 1.37 bits per heavy atom.